The fraction of sp³-hybridized carbons (Fsp3) is 0.500. The third-order valence-corrected chi connectivity index (χ3v) is 3.31. The summed E-state index contributed by atoms with van der Waals surface area (Å²) in [5.74, 6) is 0. The first-order chi connectivity index (χ1) is 8.91. The van der Waals surface area contributed by atoms with Crippen molar-refractivity contribution in [2.45, 2.75) is 31.5 Å². The van der Waals surface area contributed by atoms with Crippen LogP contribution in [-0.4, -0.2) is 22.5 Å². The largest absolute Gasteiger partial charge is 0.418 e. The van der Waals surface area contributed by atoms with Gasteiger partial charge in [-0.25, -0.2) is 4.79 Å². The number of hydrogen-bond acceptors (Lipinski definition) is 2. The number of pyridine rings is 1. The molecule has 0 saturated carbocycles. The van der Waals surface area contributed by atoms with Gasteiger partial charge in [-0.2, -0.15) is 13.2 Å². The van der Waals surface area contributed by atoms with Crippen LogP contribution < -0.4 is 5.73 Å². The number of hydrogen-bond donors (Lipinski definition) is 1. The van der Waals surface area contributed by atoms with Crippen molar-refractivity contribution in [1.29, 1.82) is 0 Å². The average molecular weight is 273 g/mol. The minimum absolute atomic E-state index is 0.0704. The van der Waals surface area contributed by atoms with Crippen molar-refractivity contribution in [3.63, 3.8) is 0 Å². The molecule has 2 heterocycles. The zero-order valence-corrected chi connectivity index (χ0v) is 10.2. The summed E-state index contributed by atoms with van der Waals surface area (Å²) in [6, 6.07) is 0.00915. The molecule has 4 nitrogen and oxygen atoms in total. The van der Waals surface area contributed by atoms with Crippen molar-refractivity contribution in [3.8, 4) is 0 Å². The molecular formula is C12H14F3N3O. The van der Waals surface area contributed by atoms with E-state index in [1.165, 1.54) is 17.2 Å². The van der Waals surface area contributed by atoms with Crippen LogP contribution in [0.2, 0.25) is 0 Å². The lowest BCUT2D eigenvalue weighted by Gasteiger charge is -2.35. The van der Waals surface area contributed by atoms with Crippen LogP contribution in [0, 0.1) is 0 Å². The average Bonchev–Trinajstić information content (AvgIpc) is 2.37. The Hall–Kier alpha value is -1.79. The Kier molecular flexibility index (Phi) is 3.64. The standard InChI is InChI=1S/C12H14F3N3O/c13-12(14,15)9-7-17-5-4-8(9)10-3-1-2-6-18(10)11(16)19/h4-5,7,10H,1-3,6H2,(H2,16,19). The van der Waals surface area contributed by atoms with Crippen LogP contribution in [0.25, 0.3) is 0 Å². The fourth-order valence-electron chi connectivity index (χ4n) is 2.45. The molecule has 1 saturated heterocycles. The summed E-state index contributed by atoms with van der Waals surface area (Å²) in [6.07, 6.45) is -0.373. The number of amides is 2. The highest BCUT2D eigenvalue weighted by Gasteiger charge is 2.38. The number of aromatic nitrogens is 1. The SMILES string of the molecule is NC(=O)N1CCCCC1c1ccncc1C(F)(F)F. The Morgan fingerprint density at radius 2 is 2.16 bits per heavy atom. The highest BCUT2D eigenvalue weighted by molar-refractivity contribution is 5.72. The monoisotopic (exact) mass is 273 g/mol. The molecule has 1 aliphatic rings. The maximum Gasteiger partial charge on any atom is 0.418 e. The molecule has 1 aromatic heterocycles. The van der Waals surface area contributed by atoms with Crippen LogP contribution in [0.4, 0.5) is 18.0 Å². The Bertz CT molecular complexity index is 476. The van der Waals surface area contributed by atoms with E-state index in [-0.39, 0.29) is 5.56 Å². The van der Waals surface area contributed by atoms with Crippen LogP contribution in [-0.2, 0) is 6.18 Å². The van der Waals surface area contributed by atoms with Crippen molar-refractivity contribution in [1.82, 2.24) is 9.88 Å². The van der Waals surface area contributed by atoms with Crippen LogP contribution >= 0.6 is 0 Å². The number of urea groups is 1. The molecule has 0 aliphatic carbocycles. The summed E-state index contributed by atoms with van der Waals surface area (Å²) in [6.45, 7) is 0.389. The Morgan fingerprint density at radius 3 is 2.79 bits per heavy atom. The number of carbonyl (C=O) groups excluding carboxylic acids is 1. The summed E-state index contributed by atoms with van der Waals surface area (Å²) in [7, 11) is 0. The van der Waals surface area contributed by atoms with Gasteiger partial charge in [-0.3, -0.25) is 4.98 Å². The molecule has 1 aromatic rings. The Balaban J connectivity index is 2.42. The first-order valence-corrected chi connectivity index (χ1v) is 5.98. The summed E-state index contributed by atoms with van der Waals surface area (Å²) >= 11 is 0. The third kappa shape index (κ3) is 2.80. The maximum atomic E-state index is 13.0. The molecule has 2 N–H and O–H groups in total. The topological polar surface area (TPSA) is 59.2 Å². The number of nitrogens with zero attached hydrogens (tertiary/aromatic N) is 2. The molecule has 7 heteroatoms. The molecule has 2 rings (SSSR count). The maximum absolute atomic E-state index is 13.0. The van der Waals surface area contributed by atoms with Gasteiger partial charge in [0.1, 0.15) is 0 Å². The second-order valence-corrected chi connectivity index (χ2v) is 4.50. The third-order valence-electron chi connectivity index (χ3n) is 3.31. The zero-order valence-electron chi connectivity index (χ0n) is 10.2. The highest BCUT2D eigenvalue weighted by Crippen LogP contribution is 2.39. The quantitative estimate of drug-likeness (QED) is 0.855. The van der Waals surface area contributed by atoms with Crippen molar-refractivity contribution in [2.75, 3.05) is 6.54 Å². The minimum Gasteiger partial charge on any atom is -0.351 e. The molecular weight excluding hydrogens is 259 g/mol. The minimum atomic E-state index is -4.48. The number of primary amides is 1. The van der Waals surface area contributed by atoms with Crippen LogP contribution in [0.1, 0.15) is 36.4 Å². The lowest BCUT2D eigenvalue weighted by atomic mass is 9.93. The van der Waals surface area contributed by atoms with E-state index in [1.807, 2.05) is 0 Å². The first kappa shape index (κ1) is 13.6. The van der Waals surface area contributed by atoms with Crippen molar-refractivity contribution in [2.24, 2.45) is 5.73 Å². The molecule has 19 heavy (non-hydrogen) atoms. The van der Waals surface area contributed by atoms with Gasteiger partial charge in [-0.15, -0.1) is 0 Å². The predicted octanol–water partition coefficient (Wildman–Crippen LogP) is 2.71. The van der Waals surface area contributed by atoms with Gasteiger partial charge in [0, 0.05) is 18.9 Å². The lowest BCUT2D eigenvalue weighted by Crippen LogP contribution is -2.42. The molecule has 1 atom stereocenters. The number of carbonyl (C=O) groups is 1. The summed E-state index contributed by atoms with van der Waals surface area (Å²) < 4.78 is 38.9. The van der Waals surface area contributed by atoms with Gasteiger partial charge in [-0.05, 0) is 30.9 Å². The van der Waals surface area contributed by atoms with Gasteiger partial charge in [0.15, 0.2) is 0 Å². The molecule has 2 amide bonds. The molecule has 1 fully saturated rings. The van der Waals surface area contributed by atoms with Crippen molar-refractivity contribution in [3.05, 3.63) is 29.6 Å². The zero-order chi connectivity index (χ0) is 14.0. The van der Waals surface area contributed by atoms with E-state index >= 15 is 0 Å². The lowest BCUT2D eigenvalue weighted by molar-refractivity contribution is -0.139. The van der Waals surface area contributed by atoms with Gasteiger partial charge in [0.2, 0.25) is 0 Å². The molecule has 0 bridgehead atoms. The predicted molar refractivity (Wildman–Crippen MR) is 62.1 cm³/mol. The van der Waals surface area contributed by atoms with E-state index in [4.69, 9.17) is 5.73 Å². The highest BCUT2D eigenvalue weighted by atomic mass is 19.4. The second-order valence-electron chi connectivity index (χ2n) is 4.50. The molecule has 104 valence electrons. The fourth-order valence-corrected chi connectivity index (χ4v) is 2.45. The van der Waals surface area contributed by atoms with E-state index in [1.54, 1.807) is 0 Å². The van der Waals surface area contributed by atoms with Gasteiger partial charge in [0.25, 0.3) is 0 Å². The normalized spacial score (nSPS) is 20.4. The second kappa shape index (κ2) is 5.07. The van der Waals surface area contributed by atoms with Crippen LogP contribution in [0.5, 0.6) is 0 Å². The van der Waals surface area contributed by atoms with Gasteiger partial charge in [0.05, 0.1) is 11.6 Å². The van der Waals surface area contributed by atoms with E-state index in [0.29, 0.717) is 13.0 Å². The number of piperidine rings is 1. The van der Waals surface area contributed by atoms with E-state index in [9.17, 15) is 18.0 Å². The van der Waals surface area contributed by atoms with Gasteiger partial charge >= 0.3 is 12.2 Å². The smallest absolute Gasteiger partial charge is 0.351 e. The van der Waals surface area contributed by atoms with Crippen molar-refractivity contribution >= 4 is 6.03 Å². The number of rotatable bonds is 1. The molecule has 1 unspecified atom stereocenters. The Morgan fingerprint density at radius 1 is 1.42 bits per heavy atom. The first-order valence-electron chi connectivity index (χ1n) is 5.98. The van der Waals surface area contributed by atoms with E-state index < -0.39 is 23.8 Å². The molecule has 0 spiro atoms. The number of nitrogens with two attached hydrogens (primary N) is 1. The molecule has 0 aromatic carbocycles. The number of halogens is 3. The van der Waals surface area contributed by atoms with Crippen LogP contribution in [0.15, 0.2) is 18.5 Å². The van der Waals surface area contributed by atoms with Crippen LogP contribution in [0.3, 0.4) is 0 Å². The number of alkyl halides is 3. The summed E-state index contributed by atoms with van der Waals surface area (Å²) in [4.78, 5) is 16.2. The summed E-state index contributed by atoms with van der Waals surface area (Å²) in [5.41, 5.74) is 4.52. The Labute approximate surface area is 108 Å². The van der Waals surface area contributed by atoms with Gasteiger partial charge in [-0.1, -0.05) is 0 Å². The number of likely N-dealkylation sites (tertiary alicyclic amines) is 1. The van der Waals surface area contributed by atoms with E-state index in [2.05, 4.69) is 4.98 Å². The molecule has 0 radical (unpaired) electrons. The molecule has 1 aliphatic heterocycles. The van der Waals surface area contributed by atoms with Crippen molar-refractivity contribution < 1.29 is 18.0 Å². The van der Waals surface area contributed by atoms with Gasteiger partial charge < -0.3 is 10.6 Å². The summed E-state index contributed by atoms with van der Waals surface area (Å²) in [5, 5.41) is 0. The van der Waals surface area contributed by atoms with E-state index in [0.717, 1.165) is 19.0 Å².